The van der Waals surface area contributed by atoms with E-state index in [4.69, 9.17) is 0 Å². The second kappa shape index (κ2) is 6.82. The van der Waals surface area contributed by atoms with Gasteiger partial charge in [0.25, 0.3) is 5.91 Å². The number of hydrogen-bond acceptors (Lipinski definition) is 4. The average Bonchev–Trinajstić information content (AvgIpc) is 2.71. The Kier molecular flexibility index (Phi) is 5.02. The molecule has 1 aliphatic heterocycles. The van der Waals surface area contributed by atoms with Crippen molar-refractivity contribution in [2.45, 2.75) is 39.7 Å². The smallest absolute Gasteiger partial charge is 0.324 e. The third-order valence-corrected chi connectivity index (χ3v) is 3.82. The van der Waals surface area contributed by atoms with Gasteiger partial charge >= 0.3 is 6.03 Å². The van der Waals surface area contributed by atoms with Crippen LogP contribution in [0.15, 0.2) is 29.4 Å². The fourth-order valence-corrected chi connectivity index (χ4v) is 2.30. The fraction of sp³-hybridized carbons (Fsp3) is 0.412. The quantitative estimate of drug-likeness (QED) is 0.487. The van der Waals surface area contributed by atoms with Gasteiger partial charge in [-0.15, -0.1) is 0 Å². The lowest BCUT2D eigenvalue weighted by molar-refractivity contribution is -0.130. The van der Waals surface area contributed by atoms with Gasteiger partial charge in [0.05, 0.1) is 5.71 Å². The first kappa shape index (κ1) is 17.7. The molecule has 0 saturated carbocycles. The first-order valence-corrected chi connectivity index (χ1v) is 7.75. The van der Waals surface area contributed by atoms with E-state index in [1.54, 1.807) is 20.8 Å². The van der Waals surface area contributed by atoms with Gasteiger partial charge in [0, 0.05) is 13.0 Å². The summed E-state index contributed by atoms with van der Waals surface area (Å²) in [6.07, 6.45) is -0.0000815. The Bertz CT molecular complexity index is 692. The monoisotopic (exact) mass is 330 g/mol. The highest BCUT2D eigenvalue weighted by Gasteiger charge is 2.43. The maximum Gasteiger partial charge on any atom is 0.325 e. The summed E-state index contributed by atoms with van der Waals surface area (Å²) in [5, 5.41) is 6.62. The predicted molar refractivity (Wildman–Crippen MR) is 90.5 cm³/mol. The molecule has 7 nitrogen and oxygen atoms in total. The van der Waals surface area contributed by atoms with Gasteiger partial charge in [-0.3, -0.25) is 14.5 Å². The minimum absolute atomic E-state index is 0.0000815. The summed E-state index contributed by atoms with van der Waals surface area (Å²) in [7, 11) is 0. The van der Waals surface area contributed by atoms with Crippen LogP contribution >= 0.6 is 0 Å². The summed E-state index contributed by atoms with van der Waals surface area (Å²) >= 11 is 0. The number of nitrogens with one attached hydrogen (secondary N) is 2. The number of benzene rings is 1. The molecule has 2 N–H and O–H groups in total. The Hall–Kier alpha value is -2.70. The van der Waals surface area contributed by atoms with Crippen molar-refractivity contribution in [3.8, 4) is 0 Å². The summed E-state index contributed by atoms with van der Waals surface area (Å²) in [5.41, 5.74) is 4.27. The lowest BCUT2D eigenvalue weighted by atomic mass is 10.1. The molecule has 1 heterocycles. The normalized spacial score (nSPS) is 17.0. The summed E-state index contributed by atoms with van der Waals surface area (Å²) in [6, 6.07) is 7.31. The highest BCUT2D eigenvalue weighted by atomic mass is 16.2. The van der Waals surface area contributed by atoms with Crippen LogP contribution in [0.1, 0.15) is 38.3 Å². The van der Waals surface area contributed by atoms with E-state index in [1.165, 1.54) is 0 Å². The van der Waals surface area contributed by atoms with E-state index in [-0.39, 0.29) is 24.8 Å². The standard InChI is InChI=1S/C17H22N4O3/c1-11-5-7-13(8-6-11)12(2)19-20-14(22)9-10-21-15(23)17(3,4)18-16(21)24/h5-8H,9-10H2,1-4H3,(H,18,24)(H,20,22)/b19-12-. The highest BCUT2D eigenvalue weighted by molar-refractivity contribution is 6.06. The molecule has 0 aliphatic carbocycles. The first-order chi connectivity index (χ1) is 11.2. The van der Waals surface area contributed by atoms with Crippen LogP contribution in [0.2, 0.25) is 0 Å². The second-order valence-corrected chi connectivity index (χ2v) is 6.36. The summed E-state index contributed by atoms with van der Waals surface area (Å²) in [6.45, 7) is 7.07. The van der Waals surface area contributed by atoms with Crippen LogP contribution in [-0.4, -0.2) is 40.5 Å². The number of imide groups is 1. The molecule has 1 fully saturated rings. The van der Waals surface area contributed by atoms with Crippen molar-refractivity contribution in [3.63, 3.8) is 0 Å². The van der Waals surface area contributed by atoms with Crippen molar-refractivity contribution >= 4 is 23.6 Å². The van der Waals surface area contributed by atoms with E-state index in [9.17, 15) is 14.4 Å². The second-order valence-electron chi connectivity index (χ2n) is 6.36. The van der Waals surface area contributed by atoms with Gasteiger partial charge in [0.15, 0.2) is 0 Å². The molecule has 24 heavy (non-hydrogen) atoms. The van der Waals surface area contributed by atoms with Gasteiger partial charge in [0.1, 0.15) is 5.54 Å². The highest BCUT2D eigenvalue weighted by Crippen LogP contribution is 2.16. The summed E-state index contributed by atoms with van der Waals surface area (Å²) in [5.74, 6) is -0.689. The lowest BCUT2D eigenvalue weighted by Gasteiger charge is -2.15. The van der Waals surface area contributed by atoms with E-state index in [1.807, 2.05) is 31.2 Å². The minimum Gasteiger partial charge on any atom is -0.324 e. The van der Waals surface area contributed by atoms with Crippen molar-refractivity contribution in [2.24, 2.45) is 5.10 Å². The SMILES string of the molecule is C/C(=N/NC(=O)CCN1C(=O)NC(C)(C)C1=O)c1ccc(C)cc1. The van der Waals surface area contributed by atoms with Crippen molar-refractivity contribution in [1.82, 2.24) is 15.6 Å². The molecule has 0 aromatic heterocycles. The molecule has 0 atom stereocenters. The van der Waals surface area contributed by atoms with Gasteiger partial charge < -0.3 is 5.32 Å². The number of carbonyl (C=O) groups is 3. The topological polar surface area (TPSA) is 90.9 Å². The zero-order valence-electron chi connectivity index (χ0n) is 14.3. The average molecular weight is 330 g/mol. The maximum absolute atomic E-state index is 12.0. The van der Waals surface area contributed by atoms with E-state index in [0.717, 1.165) is 16.0 Å². The van der Waals surface area contributed by atoms with E-state index >= 15 is 0 Å². The molecule has 0 bridgehead atoms. The Morgan fingerprint density at radius 2 is 1.88 bits per heavy atom. The fourth-order valence-electron chi connectivity index (χ4n) is 2.30. The molecule has 0 unspecified atom stereocenters. The van der Waals surface area contributed by atoms with E-state index < -0.39 is 11.6 Å². The van der Waals surface area contributed by atoms with E-state index in [2.05, 4.69) is 15.8 Å². The molecule has 0 spiro atoms. The Labute approximate surface area is 141 Å². The van der Waals surface area contributed by atoms with Crippen molar-refractivity contribution in [3.05, 3.63) is 35.4 Å². The van der Waals surface area contributed by atoms with Gasteiger partial charge in [0.2, 0.25) is 5.91 Å². The number of aryl methyl sites for hydroxylation is 1. The molecule has 0 radical (unpaired) electrons. The third-order valence-electron chi connectivity index (χ3n) is 3.82. The van der Waals surface area contributed by atoms with Crippen molar-refractivity contribution in [1.29, 1.82) is 0 Å². The lowest BCUT2D eigenvalue weighted by Crippen LogP contribution is -2.40. The molecular weight excluding hydrogens is 308 g/mol. The van der Waals surface area contributed by atoms with Gasteiger partial charge in [-0.2, -0.15) is 5.10 Å². The number of hydrazone groups is 1. The van der Waals surface area contributed by atoms with E-state index in [0.29, 0.717) is 5.71 Å². The molecule has 1 aliphatic rings. The molecule has 128 valence electrons. The largest absolute Gasteiger partial charge is 0.325 e. The van der Waals surface area contributed by atoms with Gasteiger partial charge in [-0.25, -0.2) is 10.2 Å². The van der Waals surface area contributed by atoms with Crippen LogP contribution in [0.5, 0.6) is 0 Å². The maximum atomic E-state index is 12.0. The number of amides is 4. The molecule has 4 amide bonds. The molecule has 7 heteroatoms. The molecule has 1 aromatic rings. The number of hydrogen-bond donors (Lipinski definition) is 2. The van der Waals surface area contributed by atoms with Crippen LogP contribution in [0.25, 0.3) is 0 Å². The van der Waals surface area contributed by atoms with Gasteiger partial charge in [-0.05, 0) is 33.3 Å². The molecular formula is C17H22N4O3. The van der Waals surface area contributed by atoms with Crippen LogP contribution in [-0.2, 0) is 9.59 Å². The summed E-state index contributed by atoms with van der Waals surface area (Å²) in [4.78, 5) is 36.7. The van der Waals surface area contributed by atoms with Crippen LogP contribution in [0.3, 0.4) is 0 Å². The predicted octanol–water partition coefficient (Wildman–Crippen LogP) is 1.56. The Morgan fingerprint density at radius 3 is 2.42 bits per heavy atom. The Morgan fingerprint density at radius 1 is 1.25 bits per heavy atom. The number of urea groups is 1. The number of nitrogens with zero attached hydrogens (tertiary/aromatic N) is 2. The number of rotatable bonds is 5. The van der Waals surface area contributed by atoms with Crippen LogP contribution < -0.4 is 10.7 Å². The zero-order valence-corrected chi connectivity index (χ0v) is 14.3. The minimum atomic E-state index is -0.923. The Balaban J connectivity index is 1.87. The van der Waals surface area contributed by atoms with Gasteiger partial charge in [-0.1, -0.05) is 29.8 Å². The summed E-state index contributed by atoms with van der Waals surface area (Å²) < 4.78 is 0. The third kappa shape index (κ3) is 3.98. The molecule has 1 saturated heterocycles. The van der Waals surface area contributed by atoms with Crippen LogP contribution in [0.4, 0.5) is 4.79 Å². The first-order valence-electron chi connectivity index (χ1n) is 7.75. The van der Waals surface area contributed by atoms with Crippen LogP contribution in [0, 0.1) is 6.92 Å². The number of carbonyl (C=O) groups excluding carboxylic acids is 3. The van der Waals surface area contributed by atoms with Crippen molar-refractivity contribution in [2.75, 3.05) is 6.54 Å². The zero-order chi connectivity index (χ0) is 17.9. The molecule has 2 rings (SSSR count). The molecule has 1 aromatic carbocycles. The van der Waals surface area contributed by atoms with Crippen molar-refractivity contribution < 1.29 is 14.4 Å².